The van der Waals surface area contributed by atoms with Gasteiger partial charge in [-0.25, -0.2) is 0 Å². The second kappa shape index (κ2) is 9.47. The first-order chi connectivity index (χ1) is 6.66. The third-order valence-corrected chi connectivity index (χ3v) is 2.53. The lowest BCUT2D eigenvalue weighted by atomic mass is 10.1. The number of hydrogen-bond donors (Lipinski definition) is 1. The molecule has 2 N–H and O–H groups in total. The molecule has 2 heteroatoms. The molecule has 0 bridgehead atoms. The van der Waals surface area contributed by atoms with Gasteiger partial charge in [-0.3, -0.25) is 0 Å². The zero-order valence-electron chi connectivity index (χ0n) is 10.3. The third-order valence-electron chi connectivity index (χ3n) is 2.53. The Bertz CT molecular complexity index is 113. The van der Waals surface area contributed by atoms with E-state index in [1.807, 2.05) is 0 Å². The fourth-order valence-electron chi connectivity index (χ4n) is 1.75. The standard InChI is InChI=1S/C12H28N2/c1-4-5-6-7-8-9-10-12(13)11-14(2)3/h12H,4-11,13H2,1-3H3. The highest BCUT2D eigenvalue weighted by Crippen LogP contribution is 2.08. The van der Waals surface area contributed by atoms with Gasteiger partial charge in [-0.2, -0.15) is 0 Å². The molecule has 0 aliphatic heterocycles. The summed E-state index contributed by atoms with van der Waals surface area (Å²) in [6, 6.07) is 0.371. The summed E-state index contributed by atoms with van der Waals surface area (Å²) in [6.45, 7) is 3.28. The summed E-state index contributed by atoms with van der Waals surface area (Å²) in [5.74, 6) is 0. The Balaban J connectivity index is 3.10. The first-order valence-corrected chi connectivity index (χ1v) is 6.07. The van der Waals surface area contributed by atoms with Crippen LogP contribution in [0.15, 0.2) is 0 Å². The Kier molecular flexibility index (Phi) is 9.42. The van der Waals surface area contributed by atoms with Crippen molar-refractivity contribution < 1.29 is 0 Å². The predicted octanol–water partition coefficient (Wildman–Crippen LogP) is 2.63. The van der Waals surface area contributed by atoms with Crippen LogP contribution in [-0.4, -0.2) is 31.6 Å². The quantitative estimate of drug-likeness (QED) is 0.580. The molecule has 1 atom stereocenters. The number of rotatable bonds is 9. The molecule has 14 heavy (non-hydrogen) atoms. The number of likely N-dealkylation sites (N-methyl/N-ethyl adjacent to an activating group) is 1. The first-order valence-electron chi connectivity index (χ1n) is 6.07. The Morgan fingerprint density at radius 2 is 1.57 bits per heavy atom. The lowest BCUT2D eigenvalue weighted by Crippen LogP contribution is -2.32. The van der Waals surface area contributed by atoms with Crippen LogP contribution in [0.1, 0.15) is 51.9 Å². The van der Waals surface area contributed by atoms with Gasteiger partial charge in [-0.15, -0.1) is 0 Å². The summed E-state index contributed by atoms with van der Waals surface area (Å²) in [7, 11) is 4.17. The highest BCUT2D eigenvalue weighted by molar-refractivity contribution is 4.63. The van der Waals surface area contributed by atoms with Crippen LogP contribution in [0.4, 0.5) is 0 Å². The molecule has 0 amide bonds. The smallest absolute Gasteiger partial charge is 0.0167 e. The molecule has 0 aliphatic rings. The number of hydrogen-bond acceptors (Lipinski definition) is 2. The van der Waals surface area contributed by atoms with Crippen molar-refractivity contribution in [2.24, 2.45) is 5.73 Å². The summed E-state index contributed by atoms with van der Waals surface area (Å²) >= 11 is 0. The van der Waals surface area contributed by atoms with Gasteiger partial charge in [0, 0.05) is 12.6 Å². The second-order valence-electron chi connectivity index (χ2n) is 4.58. The van der Waals surface area contributed by atoms with Crippen LogP contribution in [0.3, 0.4) is 0 Å². The van der Waals surface area contributed by atoms with E-state index < -0.39 is 0 Å². The summed E-state index contributed by atoms with van der Waals surface area (Å²) in [6.07, 6.45) is 9.37. The van der Waals surface area contributed by atoms with Crippen LogP contribution in [0.25, 0.3) is 0 Å². The van der Waals surface area contributed by atoms with Crippen molar-refractivity contribution >= 4 is 0 Å². The van der Waals surface area contributed by atoms with Crippen molar-refractivity contribution in [3.8, 4) is 0 Å². The Hall–Kier alpha value is -0.0800. The molecule has 0 saturated carbocycles. The predicted molar refractivity (Wildman–Crippen MR) is 64.5 cm³/mol. The summed E-state index contributed by atoms with van der Waals surface area (Å²) in [5.41, 5.74) is 5.97. The average molecular weight is 200 g/mol. The molecular formula is C12H28N2. The SMILES string of the molecule is CCCCCCCCC(N)CN(C)C. The van der Waals surface area contributed by atoms with Crippen molar-refractivity contribution in [3.05, 3.63) is 0 Å². The minimum absolute atomic E-state index is 0.371. The van der Waals surface area contributed by atoms with Gasteiger partial charge < -0.3 is 10.6 Å². The normalized spacial score (nSPS) is 13.5. The molecule has 0 saturated heterocycles. The van der Waals surface area contributed by atoms with E-state index in [0.29, 0.717) is 6.04 Å². The summed E-state index contributed by atoms with van der Waals surface area (Å²) in [4.78, 5) is 2.17. The first kappa shape index (κ1) is 13.9. The molecule has 0 radical (unpaired) electrons. The van der Waals surface area contributed by atoms with Crippen LogP contribution in [0.2, 0.25) is 0 Å². The van der Waals surface area contributed by atoms with E-state index in [-0.39, 0.29) is 0 Å². The molecule has 1 unspecified atom stereocenters. The maximum absolute atomic E-state index is 5.97. The zero-order valence-corrected chi connectivity index (χ0v) is 10.3. The minimum atomic E-state index is 0.371. The lowest BCUT2D eigenvalue weighted by molar-refractivity contribution is 0.357. The van der Waals surface area contributed by atoms with Gasteiger partial charge in [-0.1, -0.05) is 45.4 Å². The molecule has 0 aromatic carbocycles. The monoisotopic (exact) mass is 200 g/mol. The molecule has 0 heterocycles. The zero-order chi connectivity index (χ0) is 10.8. The van der Waals surface area contributed by atoms with Gasteiger partial charge in [0.1, 0.15) is 0 Å². The van der Waals surface area contributed by atoms with E-state index in [9.17, 15) is 0 Å². The molecule has 2 nitrogen and oxygen atoms in total. The highest BCUT2D eigenvalue weighted by Gasteiger charge is 2.02. The molecule has 0 aliphatic carbocycles. The number of nitrogens with zero attached hydrogens (tertiary/aromatic N) is 1. The molecule has 0 rings (SSSR count). The van der Waals surface area contributed by atoms with Crippen LogP contribution in [0, 0.1) is 0 Å². The fourth-order valence-corrected chi connectivity index (χ4v) is 1.75. The molecule has 0 fully saturated rings. The topological polar surface area (TPSA) is 29.3 Å². The summed E-state index contributed by atoms with van der Waals surface area (Å²) < 4.78 is 0. The Morgan fingerprint density at radius 1 is 1.00 bits per heavy atom. The van der Waals surface area contributed by atoms with Crippen LogP contribution in [-0.2, 0) is 0 Å². The highest BCUT2D eigenvalue weighted by atomic mass is 15.1. The minimum Gasteiger partial charge on any atom is -0.327 e. The Morgan fingerprint density at radius 3 is 2.14 bits per heavy atom. The molecule has 86 valence electrons. The number of unbranched alkanes of at least 4 members (excludes halogenated alkanes) is 5. The van der Waals surface area contributed by atoms with E-state index in [4.69, 9.17) is 5.73 Å². The van der Waals surface area contributed by atoms with Gasteiger partial charge in [0.05, 0.1) is 0 Å². The molecule has 0 aromatic heterocycles. The van der Waals surface area contributed by atoms with Crippen molar-refractivity contribution in [3.63, 3.8) is 0 Å². The van der Waals surface area contributed by atoms with E-state index in [0.717, 1.165) is 6.54 Å². The van der Waals surface area contributed by atoms with Crippen LogP contribution < -0.4 is 5.73 Å². The van der Waals surface area contributed by atoms with Crippen molar-refractivity contribution in [2.75, 3.05) is 20.6 Å². The fraction of sp³-hybridized carbons (Fsp3) is 1.00. The molecule has 0 spiro atoms. The van der Waals surface area contributed by atoms with Crippen LogP contribution >= 0.6 is 0 Å². The largest absolute Gasteiger partial charge is 0.327 e. The maximum Gasteiger partial charge on any atom is 0.0167 e. The van der Waals surface area contributed by atoms with E-state index in [1.54, 1.807) is 0 Å². The van der Waals surface area contributed by atoms with E-state index in [1.165, 1.54) is 44.9 Å². The Labute approximate surface area is 89.9 Å². The molecule has 0 aromatic rings. The van der Waals surface area contributed by atoms with Crippen molar-refractivity contribution in [1.29, 1.82) is 0 Å². The molecular weight excluding hydrogens is 172 g/mol. The van der Waals surface area contributed by atoms with Gasteiger partial charge in [0.25, 0.3) is 0 Å². The number of nitrogens with two attached hydrogens (primary N) is 1. The van der Waals surface area contributed by atoms with Crippen molar-refractivity contribution in [2.45, 2.75) is 57.9 Å². The van der Waals surface area contributed by atoms with Gasteiger partial charge in [0.15, 0.2) is 0 Å². The average Bonchev–Trinajstić information content (AvgIpc) is 2.10. The van der Waals surface area contributed by atoms with Gasteiger partial charge in [-0.05, 0) is 20.5 Å². The lowest BCUT2D eigenvalue weighted by Gasteiger charge is -2.16. The summed E-state index contributed by atoms with van der Waals surface area (Å²) in [5, 5.41) is 0. The van der Waals surface area contributed by atoms with Gasteiger partial charge in [0.2, 0.25) is 0 Å². The van der Waals surface area contributed by atoms with E-state index in [2.05, 4.69) is 25.9 Å². The van der Waals surface area contributed by atoms with Crippen molar-refractivity contribution in [1.82, 2.24) is 4.90 Å². The maximum atomic E-state index is 5.97. The van der Waals surface area contributed by atoms with E-state index >= 15 is 0 Å². The second-order valence-corrected chi connectivity index (χ2v) is 4.58. The van der Waals surface area contributed by atoms with Gasteiger partial charge >= 0.3 is 0 Å². The third kappa shape index (κ3) is 10.0. The van der Waals surface area contributed by atoms with Crippen LogP contribution in [0.5, 0.6) is 0 Å².